The SMILES string of the molecule is NC(=O)N1CCNCC1[C@@H](c1ccc(OC(F)(F)F)cc1)c1cc(C(F)(F)F)n[nH]1. The largest absolute Gasteiger partial charge is 0.573 e. The molecule has 1 aromatic heterocycles. The van der Waals surface area contributed by atoms with Gasteiger partial charge in [0, 0.05) is 31.2 Å². The van der Waals surface area contributed by atoms with Crippen molar-refractivity contribution in [3.63, 3.8) is 0 Å². The molecule has 1 fully saturated rings. The molecule has 164 valence electrons. The van der Waals surface area contributed by atoms with Crippen molar-refractivity contribution in [3.05, 3.63) is 47.3 Å². The van der Waals surface area contributed by atoms with Crippen LogP contribution in [0.5, 0.6) is 5.75 Å². The lowest BCUT2D eigenvalue weighted by Gasteiger charge is -2.39. The Balaban J connectivity index is 2.01. The van der Waals surface area contributed by atoms with E-state index < -0.39 is 42.0 Å². The number of nitrogens with one attached hydrogen (secondary N) is 2. The first-order valence-electron chi connectivity index (χ1n) is 8.70. The van der Waals surface area contributed by atoms with Gasteiger partial charge in [-0.05, 0) is 23.8 Å². The number of H-pyrrole nitrogens is 1. The Morgan fingerprint density at radius 2 is 1.87 bits per heavy atom. The minimum atomic E-state index is -4.89. The molecule has 4 N–H and O–H groups in total. The van der Waals surface area contributed by atoms with Crippen molar-refractivity contribution < 1.29 is 35.9 Å². The quantitative estimate of drug-likeness (QED) is 0.641. The van der Waals surface area contributed by atoms with Crippen molar-refractivity contribution in [2.45, 2.75) is 24.5 Å². The Labute approximate surface area is 166 Å². The van der Waals surface area contributed by atoms with Gasteiger partial charge in [0.15, 0.2) is 5.69 Å². The average molecular weight is 437 g/mol. The van der Waals surface area contributed by atoms with Gasteiger partial charge in [-0.2, -0.15) is 18.3 Å². The van der Waals surface area contributed by atoms with Crippen LogP contribution in [0.2, 0.25) is 0 Å². The van der Waals surface area contributed by atoms with E-state index in [0.29, 0.717) is 12.1 Å². The van der Waals surface area contributed by atoms with E-state index in [1.165, 1.54) is 17.0 Å². The maximum Gasteiger partial charge on any atom is 0.573 e. The molecular formula is C17H17F6N5O2. The summed E-state index contributed by atoms with van der Waals surface area (Å²) in [6, 6.07) is 4.00. The van der Waals surface area contributed by atoms with Crippen molar-refractivity contribution in [2.75, 3.05) is 19.6 Å². The minimum Gasteiger partial charge on any atom is -0.406 e. The second-order valence-corrected chi connectivity index (χ2v) is 6.60. The number of carbonyl (C=O) groups is 1. The average Bonchev–Trinajstić information content (AvgIpc) is 3.12. The number of carbonyl (C=O) groups excluding carboxylic acids is 1. The number of amides is 2. The third-order valence-corrected chi connectivity index (χ3v) is 4.65. The monoisotopic (exact) mass is 437 g/mol. The lowest BCUT2D eigenvalue weighted by atomic mass is 9.86. The van der Waals surface area contributed by atoms with Gasteiger partial charge in [-0.15, -0.1) is 13.2 Å². The summed E-state index contributed by atoms with van der Waals surface area (Å²) in [6.07, 6.45) is -9.58. The topological polar surface area (TPSA) is 96.3 Å². The third kappa shape index (κ3) is 4.96. The molecule has 0 bridgehead atoms. The number of halogens is 6. The van der Waals surface area contributed by atoms with E-state index in [2.05, 4.69) is 20.3 Å². The molecule has 30 heavy (non-hydrogen) atoms. The number of nitrogens with two attached hydrogens (primary N) is 1. The van der Waals surface area contributed by atoms with Gasteiger partial charge in [0.05, 0.1) is 6.04 Å². The smallest absolute Gasteiger partial charge is 0.406 e. The summed E-state index contributed by atoms with van der Waals surface area (Å²) in [5.41, 5.74) is 4.65. The fourth-order valence-electron chi connectivity index (χ4n) is 3.42. The second kappa shape index (κ2) is 8.05. The molecule has 1 aliphatic heterocycles. The highest BCUT2D eigenvalue weighted by Crippen LogP contribution is 2.35. The number of hydrogen-bond donors (Lipinski definition) is 3. The number of aromatic amines is 1. The van der Waals surface area contributed by atoms with Crippen LogP contribution in [0.4, 0.5) is 31.1 Å². The first kappa shape index (κ1) is 21.7. The van der Waals surface area contributed by atoms with E-state index in [0.717, 1.165) is 18.2 Å². The highest BCUT2D eigenvalue weighted by Gasteiger charge is 2.39. The van der Waals surface area contributed by atoms with Crippen molar-refractivity contribution in [2.24, 2.45) is 5.73 Å². The summed E-state index contributed by atoms with van der Waals surface area (Å²) >= 11 is 0. The number of ether oxygens (including phenoxy) is 1. The molecule has 1 saturated heterocycles. The molecule has 2 aromatic rings. The van der Waals surface area contributed by atoms with Crippen LogP contribution in [-0.4, -0.2) is 53.2 Å². The zero-order chi connectivity index (χ0) is 22.1. The molecule has 13 heteroatoms. The predicted octanol–water partition coefficient (Wildman–Crippen LogP) is 2.81. The van der Waals surface area contributed by atoms with E-state index in [1.54, 1.807) is 0 Å². The maximum atomic E-state index is 13.0. The summed E-state index contributed by atoms with van der Waals surface area (Å²) in [6.45, 7) is 0.849. The third-order valence-electron chi connectivity index (χ3n) is 4.65. The van der Waals surface area contributed by atoms with Gasteiger partial charge in [0.25, 0.3) is 0 Å². The number of hydrogen-bond acceptors (Lipinski definition) is 4. The lowest BCUT2D eigenvalue weighted by Crippen LogP contribution is -2.57. The van der Waals surface area contributed by atoms with E-state index >= 15 is 0 Å². The Morgan fingerprint density at radius 3 is 2.40 bits per heavy atom. The summed E-state index contributed by atoms with van der Waals surface area (Å²) in [7, 11) is 0. The van der Waals surface area contributed by atoms with Crippen molar-refractivity contribution >= 4 is 6.03 Å². The zero-order valence-corrected chi connectivity index (χ0v) is 15.2. The van der Waals surface area contributed by atoms with Gasteiger partial charge in [-0.3, -0.25) is 5.10 Å². The molecule has 1 aromatic carbocycles. The van der Waals surface area contributed by atoms with Crippen molar-refractivity contribution in [1.82, 2.24) is 20.4 Å². The fourth-order valence-corrected chi connectivity index (χ4v) is 3.42. The van der Waals surface area contributed by atoms with Gasteiger partial charge >= 0.3 is 18.6 Å². The van der Waals surface area contributed by atoms with Gasteiger partial charge in [0.1, 0.15) is 5.75 Å². The molecule has 2 amide bonds. The van der Waals surface area contributed by atoms with Crippen LogP contribution >= 0.6 is 0 Å². The fraction of sp³-hybridized carbons (Fsp3) is 0.412. The first-order valence-corrected chi connectivity index (χ1v) is 8.70. The second-order valence-electron chi connectivity index (χ2n) is 6.60. The van der Waals surface area contributed by atoms with Crippen LogP contribution in [0.25, 0.3) is 0 Å². The van der Waals surface area contributed by atoms with Gasteiger partial charge in [0.2, 0.25) is 0 Å². The standard InChI is InChI=1S/C17H17F6N5O2/c18-16(19,20)13-7-11(26-27-13)14(12-8-25-5-6-28(12)15(24)29)9-1-3-10(4-2-9)30-17(21,22)23/h1-4,7,12,14,25H,5-6,8H2,(H2,24,29)(H,26,27)/t12?,14-/m0/s1. The van der Waals surface area contributed by atoms with Crippen LogP contribution in [0, 0.1) is 0 Å². The summed E-state index contributed by atoms with van der Waals surface area (Å²) in [5.74, 6) is -1.35. The maximum absolute atomic E-state index is 13.0. The Bertz CT molecular complexity index is 880. The molecule has 1 aliphatic rings. The Kier molecular flexibility index (Phi) is 5.83. The van der Waals surface area contributed by atoms with Crippen molar-refractivity contribution in [3.8, 4) is 5.75 Å². The molecule has 0 radical (unpaired) electrons. The van der Waals surface area contributed by atoms with Crippen LogP contribution in [0.3, 0.4) is 0 Å². The highest BCUT2D eigenvalue weighted by molar-refractivity contribution is 5.73. The molecule has 2 atom stereocenters. The molecule has 0 spiro atoms. The van der Waals surface area contributed by atoms with Crippen LogP contribution in [-0.2, 0) is 6.18 Å². The molecule has 7 nitrogen and oxygen atoms in total. The number of nitrogens with zero attached hydrogens (tertiary/aromatic N) is 2. The summed E-state index contributed by atoms with van der Waals surface area (Å²) < 4.78 is 80.1. The number of urea groups is 1. The normalized spacial score (nSPS) is 18.9. The van der Waals surface area contributed by atoms with Crippen molar-refractivity contribution in [1.29, 1.82) is 0 Å². The lowest BCUT2D eigenvalue weighted by molar-refractivity contribution is -0.274. The number of alkyl halides is 6. The summed E-state index contributed by atoms with van der Waals surface area (Å²) in [4.78, 5) is 13.2. The molecular weight excluding hydrogens is 420 g/mol. The molecule has 1 unspecified atom stereocenters. The highest BCUT2D eigenvalue weighted by atomic mass is 19.4. The molecule has 0 saturated carbocycles. The van der Waals surface area contributed by atoms with Crippen LogP contribution in [0.1, 0.15) is 22.9 Å². The number of rotatable bonds is 4. The summed E-state index contributed by atoms with van der Waals surface area (Å²) in [5, 5.41) is 8.66. The molecule has 2 heterocycles. The predicted molar refractivity (Wildman–Crippen MR) is 91.5 cm³/mol. The van der Waals surface area contributed by atoms with E-state index in [9.17, 15) is 31.1 Å². The zero-order valence-electron chi connectivity index (χ0n) is 15.2. The van der Waals surface area contributed by atoms with E-state index in [4.69, 9.17) is 5.73 Å². The molecule has 3 rings (SSSR count). The van der Waals surface area contributed by atoms with E-state index in [1.807, 2.05) is 0 Å². The Hall–Kier alpha value is -2.96. The number of benzene rings is 1. The number of piperazine rings is 1. The van der Waals surface area contributed by atoms with E-state index in [-0.39, 0.29) is 18.8 Å². The molecule has 0 aliphatic carbocycles. The minimum absolute atomic E-state index is 0.0340. The number of aromatic nitrogens is 2. The van der Waals surface area contributed by atoms with Gasteiger partial charge in [-0.25, -0.2) is 4.79 Å². The first-order chi connectivity index (χ1) is 14.0. The van der Waals surface area contributed by atoms with Crippen LogP contribution in [0.15, 0.2) is 30.3 Å². The van der Waals surface area contributed by atoms with Gasteiger partial charge < -0.3 is 20.7 Å². The van der Waals surface area contributed by atoms with Crippen LogP contribution < -0.4 is 15.8 Å². The Morgan fingerprint density at radius 1 is 1.20 bits per heavy atom. The van der Waals surface area contributed by atoms with Gasteiger partial charge in [-0.1, -0.05) is 12.1 Å². The number of primary amides is 1.